The van der Waals surface area contributed by atoms with E-state index >= 15 is 0 Å². The molecule has 2 fully saturated rings. The van der Waals surface area contributed by atoms with Crippen molar-refractivity contribution in [2.75, 3.05) is 7.11 Å². The van der Waals surface area contributed by atoms with Crippen molar-refractivity contribution in [1.29, 1.82) is 0 Å². The molecule has 7 heteroatoms. The van der Waals surface area contributed by atoms with Crippen molar-refractivity contribution in [3.05, 3.63) is 23.8 Å². The Morgan fingerprint density at radius 1 is 1.11 bits per heavy atom. The van der Waals surface area contributed by atoms with Crippen molar-refractivity contribution >= 4 is 15.9 Å². The highest BCUT2D eigenvalue weighted by Crippen LogP contribution is 2.36. The summed E-state index contributed by atoms with van der Waals surface area (Å²) in [6, 6.07) is 5.28. The minimum Gasteiger partial charge on any atom is -0.495 e. The van der Waals surface area contributed by atoms with Crippen LogP contribution in [0.5, 0.6) is 5.75 Å². The van der Waals surface area contributed by atoms with Gasteiger partial charge in [0.2, 0.25) is 10.0 Å². The largest absolute Gasteiger partial charge is 0.495 e. The quantitative estimate of drug-likeness (QED) is 0.803. The number of carbonyl (C=O) groups is 1. The van der Waals surface area contributed by atoms with Gasteiger partial charge in [-0.05, 0) is 64.7 Å². The maximum atomic E-state index is 13.2. The van der Waals surface area contributed by atoms with Crippen LogP contribution >= 0.6 is 0 Å². The molecule has 2 aliphatic rings. The predicted octanol–water partition coefficient (Wildman–Crippen LogP) is 3.32. The highest BCUT2D eigenvalue weighted by molar-refractivity contribution is 7.89. The molecule has 150 valence electrons. The first-order valence-corrected chi connectivity index (χ1v) is 11.2. The third-order valence-corrected chi connectivity index (χ3v) is 6.81. The molecule has 0 heterocycles. The van der Waals surface area contributed by atoms with E-state index in [4.69, 9.17) is 4.74 Å². The van der Waals surface area contributed by atoms with Crippen molar-refractivity contribution in [3.63, 3.8) is 0 Å². The second-order valence-electron chi connectivity index (χ2n) is 8.60. The zero-order chi connectivity index (χ0) is 19.8. The number of hydrogen-bond donors (Lipinski definition) is 1. The van der Waals surface area contributed by atoms with Crippen LogP contribution in [0, 0.1) is 0 Å². The summed E-state index contributed by atoms with van der Waals surface area (Å²) in [6.07, 6.45) is 6.45. The van der Waals surface area contributed by atoms with Gasteiger partial charge in [0.05, 0.1) is 7.11 Å². The van der Waals surface area contributed by atoms with Gasteiger partial charge in [0.1, 0.15) is 10.6 Å². The number of nitrogens with one attached hydrogen (secondary N) is 1. The molecule has 3 rings (SSSR count). The van der Waals surface area contributed by atoms with Crippen LogP contribution in [0.15, 0.2) is 23.1 Å². The monoisotopic (exact) mass is 394 g/mol. The standard InChI is InChI=1S/C20H30N2O4S/c1-20(2,3)21-27(24,25)18-13-14(9-12-17(18)26-4)19(23)22(16-10-11-16)15-7-5-6-8-15/h9,12-13,15-16,21H,5-8,10-11H2,1-4H3. The molecule has 0 unspecified atom stereocenters. The van der Waals surface area contributed by atoms with Crippen LogP contribution in [0.3, 0.4) is 0 Å². The maximum Gasteiger partial charge on any atom is 0.254 e. The SMILES string of the molecule is COc1ccc(C(=O)N(C2CCCC2)C2CC2)cc1S(=O)(=O)NC(C)(C)C. The van der Waals surface area contributed by atoms with E-state index in [1.165, 1.54) is 13.2 Å². The van der Waals surface area contributed by atoms with E-state index in [1.807, 2.05) is 4.90 Å². The molecule has 0 atom stereocenters. The lowest BCUT2D eigenvalue weighted by Crippen LogP contribution is -2.41. The summed E-state index contributed by atoms with van der Waals surface area (Å²) >= 11 is 0. The van der Waals surface area contributed by atoms with Crippen molar-refractivity contribution in [2.24, 2.45) is 0 Å². The van der Waals surface area contributed by atoms with E-state index in [1.54, 1.807) is 32.9 Å². The Morgan fingerprint density at radius 2 is 1.70 bits per heavy atom. The summed E-state index contributed by atoms with van der Waals surface area (Å²) in [4.78, 5) is 15.3. The van der Waals surface area contributed by atoms with Gasteiger partial charge in [-0.3, -0.25) is 4.79 Å². The first-order valence-electron chi connectivity index (χ1n) is 9.67. The van der Waals surface area contributed by atoms with Gasteiger partial charge in [0.25, 0.3) is 5.91 Å². The van der Waals surface area contributed by atoms with Crippen LogP contribution in [0.2, 0.25) is 0 Å². The molecule has 0 bridgehead atoms. The molecule has 1 aromatic carbocycles. The van der Waals surface area contributed by atoms with Gasteiger partial charge in [0, 0.05) is 23.2 Å². The normalized spacial score (nSPS) is 18.5. The zero-order valence-electron chi connectivity index (χ0n) is 16.6. The molecular formula is C20H30N2O4S. The fourth-order valence-corrected chi connectivity index (χ4v) is 5.41. The van der Waals surface area contributed by atoms with E-state index in [0.717, 1.165) is 38.5 Å². The first-order chi connectivity index (χ1) is 12.6. The summed E-state index contributed by atoms with van der Waals surface area (Å²) in [5.41, 5.74) is -0.225. The number of ether oxygens (including phenoxy) is 1. The van der Waals surface area contributed by atoms with Crippen LogP contribution in [0.1, 0.15) is 69.7 Å². The third kappa shape index (κ3) is 4.63. The lowest BCUT2D eigenvalue weighted by Gasteiger charge is -2.29. The topological polar surface area (TPSA) is 75.7 Å². The average Bonchev–Trinajstić information content (AvgIpc) is 3.26. The third-order valence-electron chi connectivity index (χ3n) is 5.03. The average molecular weight is 395 g/mol. The summed E-state index contributed by atoms with van der Waals surface area (Å²) in [5, 5.41) is 0. The molecule has 6 nitrogen and oxygen atoms in total. The van der Waals surface area contributed by atoms with Gasteiger partial charge in [0.15, 0.2) is 0 Å². The van der Waals surface area contributed by atoms with Gasteiger partial charge in [-0.2, -0.15) is 0 Å². The van der Waals surface area contributed by atoms with Crippen molar-refractivity contribution in [3.8, 4) is 5.75 Å². The molecule has 2 aliphatic carbocycles. The minimum absolute atomic E-state index is 0.00736. The van der Waals surface area contributed by atoms with Crippen molar-refractivity contribution < 1.29 is 17.9 Å². The summed E-state index contributed by atoms with van der Waals surface area (Å²) < 4.78 is 33.6. The fraction of sp³-hybridized carbons (Fsp3) is 0.650. The second kappa shape index (κ2) is 7.43. The molecule has 1 aromatic rings. The number of nitrogens with zero attached hydrogens (tertiary/aromatic N) is 1. The first kappa shape index (κ1) is 20.1. The fourth-order valence-electron chi connectivity index (χ4n) is 3.79. The molecule has 0 radical (unpaired) electrons. The molecule has 1 N–H and O–H groups in total. The molecule has 1 amide bonds. The van der Waals surface area contributed by atoms with E-state index in [2.05, 4.69) is 4.72 Å². The Bertz CT molecular complexity index is 804. The number of sulfonamides is 1. The smallest absolute Gasteiger partial charge is 0.254 e. The number of methoxy groups -OCH3 is 1. The minimum atomic E-state index is -3.81. The summed E-state index contributed by atoms with van der Waals surface area (Å²) in [7, 11) is -2.38. The second-order valence-corrected chi connectivity index (χ2v) is 10.3. The van der Waals surface area contributed by atoms with E-state index in [9.17, 15) is 13.2 Å². The Hall–Kier alpha value is -1.60. The Morgan fingerprint density at radius 3 is 2.22 bits per heavy atom. The van der Waals surface area contributed by atoms with Gasteiger partial charge < -0.3 is 9.64 Å². The summed E-state index contributed by atoms with van der Waals surface area (Å²) in [5.74, 6) is 0.168. The number of hydrogen-bond acceptors (Lipinski definition) is 4. The lowest BCUT2D eigenvalue weighted by molar-refractivity contribution is 0.0664. The molecule has 2 saturated carbocycles. The molecule has 0 aromatic heterocycles. The van der Waals surface area contributed by atoms with Gasteiger partial charge in [-0.15, -0.1) is 0 Å². The van der Waals surface area contributed by atoms with Crippen LogP contribution in [0.4, 0.5) is 0 Å². The number of benzene rings is 1. The Kier molecular flexibility index (Phi) is 5.54. The molecule has 0 aliphatic heterocycles. The highest BCUT2D eigenvalue weighted by Gasteiger charge is 2.39. The molecule has 0 spiro atoms. The number of amides is 1. The zero-order valence-corrected chi connectivity index (χ0v) is 17.4. The predicted molar refractivity (Wildman–Crippen MR) is 105 cm³/mol. The highest BCUT2D eigenvalue weighted by atomic mass is 32.2. The van der Waals surface area contributed by atoms with Crippen LogP contribution < -0.4 is 9.46 Å². The van der Waals surface area contributed by atoms with Crippen LogP contribution in [-0.2, 0) is 10.0 Å². The Balaban J connectivity index is 1.95. The van der Waals surface area contributed by atoms with E-state index in [-0.39, 0.29) is 22.6 Å². The lowest BCUT2D eigenvalue weighted by atomic mass is 10.1. The number of carbonyl (C=O) groups excluding carboxylic acids is 1. The molecular weight excluding hydrogens is 364 g/mol. The molecule has 27 heavy (non-hydrogen) atoms. The number of rotatable bonds is 6. The van der Waals surface area contributed by atoms with E-state index < -0.39 is 15.6 Å². The van der Waals surface area contributed by atoms with Gasteiger partial charge in [-0.25, -0.2) is 13.1 Å². The van der Waals surface area contributed by atoms with Crippen LogP contribution in [-0.4, -0.2) is 44.0 Å². The van der Waals surface area contributed by atoms with Gasteiger partial charge >= 0.3 is 0 Å². The maximum absolute atomic E-state index is 13.2. The van der Waals surface area contributed by atoms with Crippen molar-refractivity contribution in [1.82, 2.24) is 9.62 Å². The molecule has 0 saturated heterocycles. The van der Waals surface area contributed by atoms with Gasteiger partial charge in [-0.1, -0.05) is 12.8 Å². The summed E-state index contributed by atoms with van der Waals surface area (Å²) in [6.45, 7) is 5.34. The van der Waals surface area contributed by atoms with Crippen LogP contribution in [0.25, 0.3) is 0 Å². The van der Waals surface area contributed by atoms with Crippen molar-refractivity contribution in [2.45, 2.75) is 81.8 Å². The van der Waals surface area contributed by atoms with E-state index in [0.29, 0.717) is 11.6 Å². The Labute approximate surface area is 162 Å².